The molecule has 2 aromatic carbocycles. The van der Waals surface area contributed by atoms with Gasteiger partial charge in [0.2, 0.25) is 0 Å². The normalized spacial score (nSPS) is 18.6. The second kappa shape index (κ2) is 12.8. The van der Waals surface area contributed by atoms with Crippen molar-refractivity contribution in [2.45, 2.75) is 71.5 Å². The number of hydrogen-bond donors (Lipinski definition) is 1. The van der Waals surface area contributed by atoms with Crippen LogP contribution in [0, 0.1) is 12.7 Å². The third-order valence-electron chi connectivity index (χ3n) is 7.86. The number of pyridine rings is 1. The van der Waals surface area contributed by atoms with E-state index in [1.54, 1.807) is 6.20 Å². The van der Waals surface area contributed by atoms with E-state index >= 15 is 4.39 Å². The van der Waals surface area contributed by atoms with Crippen molar-refractivity contribution in [2.24, 2.45) is 0 Å². The van der Waals surface area contributed by atoms with E-state index in [0.29, 0.717) is 29.5 Å². The van der Waals surface area contributed by atoms with Crippen LogP contribution in [0.25, 0.3) is 0 Å². The molecule has 3 atom stereocenters. The molecule has 6 nitrogen and oxygen atoms in total. The summed E-state index contributed by atoms with van der Waals surface area (Å²) in [7, 11) is -2.96. The molecule has 0 saturated carbocycles. The van der Waals surface area contributed by atoms with Gasteiger partial charge in [-0.05, 0) is 36.2 Å². The van der Waals surface area contributed by atoms with Crippen molar-refractivity contribution >= 4 is 47.3 Å². The van der Waals surface area contributed by atoms with Crippen molar-refractivity contribution in [1.82, 2.24) is 9.97 Å². The molecule has 3 unspecified atom stereocenters. The largest absolute Gasteiger partial charge is 0.401 e. The van der Waals surface area contributed by atoms with Gasteiger partial charge in [-0.25, -0.2) is 14.4 Å². The molecule has 1 N–H and O–H groups in total. The lowest BCUT2D eigenvalue weighted by molar-refractivity contribution is -0.00536. The quantitative estimate of drug-likeness (QED) is 0.225. The fraction of sp³-hybridized carbons (Fsp3) is 0.394. The molecule has 3 heterocycles. The number of benzene rings is 2. The van der Waals surface area contributed by atoms with Crippen LogP contribution in [-0.4, -0.2) is 48.7 Å². The molecule has 43 heavy (non-hydrogen) atoms. The van der Waals surface area contributed by atoms with Crippen molar-refractivity contribution in [3.05, 3.63) is 99.0 Å². The first-order valence-corrected chi connectivity index (χ1v) is 17.7. The Morgan fingerprint density at radius 3 is 2.12 bits per heavy atom. The van der Waals surface area contributed by atoms with Gasteiger partial charge in [-0.1, -0.05) is 93.0 Å². The van der Waals surface area contributed by atoms with Gasteiger partial charge >= 0.3 is 0 Å². The maximum atomic E-state index is 16.1. The Bertz CT molecular complexity index is 1500. The van der Waals surface area contributed by atoms with Crippen LogP contribution in [0.3, 0.4) is 0 Å². The lowest BCUT2D eigenvalue weighted by Crippen LogP contribution is -2.66. The number of ether oxygens (including phenoxy) is 1. The Morgan fingerprint density at radius 2 is 1.63 bits per heavy atom. The van der Waals surface area contributed by atoms with E-state index in [2.05, 4.69) is 50.0 Å². The van der Waals surface area contributed by atoms with Gasteiger partial charge in [-0.15, -0.1) is 11.3 Å². The fourth-order valence-electron chi connectivity index (χ4n) is 6.11. The van der Waals surface area contributed by atoms with E-state index in [9.17, 15) is 5.11 Å². The molecule has 5 rings (SSSR count). The second-order valence-electron chi connectivity index (χ2n) is 12.2. The zero-order valence-electron chi connectivity index (χ0n) is 25.5. The molecule has 0 amide bonds. The monoisotopic (exact) mass is 639 g/mol. The zero-order valence-corrected chi connectivity index (χ0v) is 28.0. The van der Waals surface area contributed by atoms with Crippen LogP contribution >= 0.6 is 22.9 Å². The number of aryl methyl sites for hydroxylation is 1. The van der Waals surface area contributed by atoms with Crippen LogP contribution in [0.4, 0.5) is 10.1 Å². The van der Waals surface area contributed by atoms with E-state index in [0.717, 1.165) is 15.3 Å². The summed E-state index contributed by atoms with van der Waals surface area (Å²) in [6.45, 7) is 13.6. The number of rotatable bonds is 8. The molecule has 0 radical (unpaired) electrons. The van der Waals surface area contributed by atoms with E-state index in [4.69, 9.17) is 25.7 Å². The summed E-state index contributed by atoms with van der Waals surface area (Å²) in [5, 5.41) is 13.5. The highest BCUT2D eigenvalue weighted by Crippen LogP contribution is 2.41. The predicted octanol–water partition coefficient (Wildman–Crippen LogP) is 6.41. The van der Waals surface area contributed by atoms with Crippen LogP contribution in [0.2, 0.25) is 10.1 Å². The minimum absolute atomic E-state index is 0.0688. The summed E-state index contributed by atoms with van der Waals surface area (Å²) in [5.74, 6) is -0.752. The number of aliphatic hydroxyl groups excluding tert-OH is 1. The first-order valence-electron chi connectivity index (χ1n) is 14.6. The molecule has 2 aromatic heterocycles. The summed E-state index contributed by atoms with van der Waals surface area (Å²) in [4.78, 5) is 12.0. The SMILES string of the molecule is Cc1cnc(C(O)c2nc(CO[Si](c3ccccc3)(c3ccccc3)C(C)(C)C)c(N3CC(C)OC(C)C3)c(Cl)c2F)s1. The van der Waals surface area contributed by atoms with Gasteiger partial charge in [0.1, 0.15) is 15.7 Å². The number of nitrogens with zero attached hydrogens (tertiary/aromatic N) is 3. The van der Waals surface area contributed by atoms with Crippen LogP contribution in [-0.2, 0) is 15.8 Å². The molecular weight excluding hydrogens is 601 g/mol. The Hall–Kier alpha value is -2.66. The van der Waals surface area contributed by atoms with Crippen molar-refractivity contribution in [3.63, 3.8) is 0 Å². The summed E-state index contributed by atoms with van der Waals surface area (Å²) in [6.07, 6.45) is 0.119. The van der Waals surface area contributed by atoms with Crippen molar-refractivity contribution in [2.75, 3.05) is 18.0 Å². The van der Waals surface area contributed by atoms with Crippen LogP contribution in [0.1, 0.15) is 62.0 Å². The highest BCUT2D eigenvalue weighted by molar-refractivity contribution is 7.11. The van der Waals surface area contributed by atoms with Gasteiger partial charge in [-0.2, -0.15) is 0 Å². The Kier molecular flexibility index (Phi) is 9.42. The summed E-state index contributed by atoms with van der Waals surface area (Å²) < 4.78 is 29.3. The Balaban J connectivity index is 1.67. The third kappa shape index (κ3) is 6.29. The highest BCUT2D eigenvalue weighted by atomic mass is 35.5. The fourth-order valence-corrected chi connectivity index (χ4v) is 11.7. The van der Waals surface area contributed by atoms with E-state index in [1.165, 1.54) is 11.3 Å². The molecule has 1 aliphatic heterocycles. The van der Waals surface area contributed by atoms with Gasteiger partial charge in [0.25, 0.3) is 8.32 Å². The maximum Gasteiger partial charge on any atom is 0.261 e. The number of morpholine rings is 1. The van der Waals surface area contributed by atoms with Crippen molar-refractivity contribution < 1.29 is 18.7 Å². The second-order valence-corrected chi connectivity index (χ2v) is 18.2. The summed E-state index contributed by atoms with van der Waals surface area (Å²) in [6, 6.07) is 20.7. The number of hydrogen-bond acceptors (Lipinski definition) is 7. The molecule has 1 fully saturated rings. The summed E-state index contributed by atoms with van der Waals surface area (Å²) >= 11 is 8.17. The molecule has 0 bridgehead atoms. The van der Waals surface area contributed by atoms with Gasteiger partial charge in [0.15, 0.2) is 11.9 Å². The van der Waals surface area contributed by atoms with Crippen molar-refractivity contribution in [1.29, 1.82) is 0 Å². The van der Waals surface area contributed by atoms with Crippen LogP contribution in [0.15, 0.2) is 66.9 Å². The number of thiazole rings is 1. The van der Waals surface area contributed by atoms with Gasteiger partial charge in [0, 0.05) is 24.2 Å². The topological polar surface area (TPSA) is 67.7 Å². The zero-order chi connectivity index (χ0) is 30.9. The van der Waals surface area contributed by atoms with Gasteiger partial charge in [0.05, 0.1) is 30.2 Å². The molecule has 228 valence electrons. The standard InChI is InChI=1S/C33H39ClFN3O3SSi/c1-21-18-38(19-22(2)41-21)30-26(37-29(28(35)27(30)34)31(39)32-36-17-23(3)42-32)20-40-43(33(4,5)6,24-13-9-7-10-14-24)25-15-11-8-12-16-25/h7-17,21-22,31,39H,18-20H2,1-6H3. The average Bonchev–Trinajstić information content (AvgIpc) is 3.41. The number of aromatic nitrogens is 2. The smallest absolute Gasteiger partial charge is 0.261 e. The lowest BCUT2D eigenvalue weighted by Gasteiger charge is -2.43. The van der Waals surface area contributed by atoms with Gasteiger partial charge in [-0.3, -0.25) is 0 Å². The van der Waals surface area contributed by atoms with E-state index < -0.39 is 20.2 Å². The number of anilines is 1. The predicted molar refractivity (Wildman–Crippen MR) is 175 cm³/mol. The molecule has 0 aliphatic carbocycles. The molecular formula is C33H39ClFN3O3SSi. The average molecular weight is 640 g/mol. The molecule has 0 spiro atoms. The molecule has 1 aliphatic rings. The Morgan fingerprint density at radius 1 is 1.07 bits per heavy atom. The third-order valence-corrected chi connectivity index (χ3v) is 14.2. The molecule has 10 heteroatoms. The van der Waals surface area contributed by atoms with Gasteiger partial charge < -0.3 is 19.2 Å². The first-order chi connectivity index (χ1) is 20.4. The van der Waals surface area contributed by atoms with Crippen molar-refractivity contribution in [3.8, 4) is 0 Å². The van der Waals surface area contributed by atoms with E-state index in [1.807, 2.05) is 62.1 Å². The first kappa shape index (κ1) is 31.8. The lowest BCUT2D eigenvalue weighted by atomic mass is 10.1. The summed E-state index contributed by atoms with van der Waals surface area (Å²) in [5.41, 5.74) is 0.798. The number of halogens is 2. The van der Waals surface area contributed by atoms with Crippen LogP contribution < -0.4 is 15.3 Å². The van der Waals surface area contributed by atoms with Crippen LogP contribution in [0.5, 0.6) is 0 Å². The Labute approximate surface area is 263 Å². The maximum absolute atomic E-state index is 16.1. The minimum Gasteiger partial charge on any atom is -0.401 e. The number of aliphatic hydroxyl groups is 1. The highest BCUT2D eigenvalue weighted by Gasteiger charge is 2.50. The minimum atomic E-state index is -2.96. The molecule has 1 saturated heterocycles. The van der Waals surface area contributed by atoms with E-state index in [-0.39, 0.29) is 34.6 Å². The molecule has 4 aromatic rings.